The molecule has 6 heteroatoms. The Morgan fingerprint density at radius 2 is 2.30 bits per heavy atom. The van der Waals surface area contributed by atoms with Crippen LogP contribution in [0.15, 0.2) is 29.9 Å². The van der Waals surface area contributed by atoms with E-state index in [0.717, 1.165) is 21.7 Å². The molecule has 3 rings (SSSR count). The summed E-state index contributed by atoms with van der Waals surface area (Å²) in [4.78, 5) is 23.8. The molecule has 1 amide bonds. The number of benzene rings is 1. The maximum atomic E-state index is 12.2. The van der Waals surface area contributed by atoms with E-state index in [2.05, 4.69) is 20.3 Å². The van der Waals surface area contributed by atoms with Gasteiger partial charge in [-0.2, -0.15) is 0 Å². The van der Waals surface area contributed by atoms with Gasteiger partial charge in [0.2, 0.25) is 0 Å². The fourth-order valence-corrected chi connectivity index (χ4v) is 2.79. The number of fused-ring (bicyclic) bond motifs is 1. The van der Waals surface area contributed by atoms with E-state index in [-0.39, 0.29) is 11.9 Å². The molecule has 0 radical (unpaired) electrons. The standard InChI is InChI=1S/C14H14N4OS/c1-8-6-20-14(17-8)9(2)18-13(19)10-3-4-11-12(5-10)16-7-15-11/h3-7,9H,1-2H3,(H,15,16)(H,18,19). The van der Waals surface area contributed by atoms with Crippen LogP contribution in [0, 0.1) is 6.92 Å². The van der Waals surface area contributed by atoms with Gasteiger partial charge in [-0.15, -0.1) is 11.3 Å². The molecule has 0 aliphatic heterocycles. The summed E-state index contributed by atoms with van der Waals surface area (Å²) in [6.07, 6.45) is 1.62. The van der Waals surface area contributed by atoms with Gasteiger partial charge < -0.3 is 10.3 Å². The zero-order valence-corrected chi connectivity index (χ0v) is 12.0. The topological polar surface area (TPSA) is 70.7 Å². The Morgan fingerprint density at radius 1 is 1.45 bits per heavy atom. The van der Waals surface area contributed by atoms with Crippen molar-refractivity contribution in [1.82, 2.24) is 20.3 Å². The summed E-state index contributed by atoms with van der Waals surface area (Å²) < 4.78 is 0. The molecule has 20 heavy (non-hydrogen) atoms. The van der Waals surface area contributed by atoms with Gasteiger partial charge in [-0.05, 0) is 32.0 Å². The quantitative estimate of drug-likeness (QED) is 0.777. The van der Waals surface area contributed by atoms with Crippen molar-refractivity contribution in [3.63, 3.8) is 0 Å². The Bertz CT molecular complexity index is 761. The third-order valence-electron chi connectivity index (χ3n) is 3.04. The van der Waals surface area contributed by atoms with Gasteiger partial charge in [0.1, 0.15) is 5.01 Å². The highest BCUT2D eigenvalue weighted by molar-refractivity contribution is 7.09. The van der Waals surface area contributed by atoms with E-state index in [0.29, 0.717) is 5.56 Å². The monoisotopic (exact) mass is 286 g/mol. The first-order chi connectivity index (χ1) is 9.63. The molecule has 5 nitrogen and oxygen atoms in total. The molecule has 1 aromatic carbocycles. The number of nitrogens with zero attached hydrogens (tertiary/aromatic N) is 2. The number of aromatic nitrogens is 3. The molecule has 0 aliphatic rings. The van der Waals surface area contributed by atoms with Gasteiger partial charge in [-0.1, -0.05) is 0 Å². The third-order valence-corrected chi connectivity index (χ3v) is 4.18. The smallest absolute Gasteiger partial charge is 0.251 e. The van der Waals surface area contributed by atoms with Crippen molar-refractivity contribution in [2.75, 3.05) is 0 Å². The second kappa shape index (κ2) is 5.05. The van der Waals surface area contributed by atoms with Crippen LogP contribution in [0.5, 0.6) is 0 Å². The molecule has 1 atom stereocenters. The second-order valence-electron chi connectivity index (χ2n) is 4.66. The lowest BCUT2D eigenvalue weighted by Crippen LogP contribution is -2.26. The molecular weight excluding hydrogens is 272 g/mol. The summed E-state index contributed by atoms with van der Waals surface area (Å²) in [5.74, 6) is -0.109. The van der Waals surface area contributed by atoms with Gasteiger partial charge in [0.25, 0.3) is 5.91 Å². The van der Waals surface area contributed by atoms with Gasteiger partial charge in [-0.3, -0.25) is 4.79 Å². The van der Waals surface area contributed by atoms with Crippen molar-refractivity contribution < 1.29 is 4.79 Å². The number of rotatable bonds is 3. The van der Waals surface area contributed by atoms with E-state index in [4.69, 9.17) is 0 Å². The van der Waals surface area contributed by atoms with Crippen molar-refractivity contribution in [3.8, 4) is 0 Å². The summed E-state index contributed by atoms with van der Waals surface area (Å²) in [6.45, 7) is 3.88. The first-order valence-corrected chi connectivity index (χ1v) is 7.17. The predicted molar refractivity (Wildman–Crippen MR) is 78.8 cm³/mol. The Kier molecular flexibility index (Phi) is 3.23. The van der Waals surface area contributed by atoms with Crippen molar-refractivity contribution in [1.29, 1.82) is 0 Å². The molecule has 0 spiro atoms. The predicted octanol–water partition coefficient (Wildman–Crippen LogP) is 2.82. The minimum atomic E-state index is -0.109. The normalized spacial score (nSPS) is 12.5. The van der Waals surface area contributed by atoms with Gasteiger partial charge >= 0.3 is 0 Å². The number of carbonyl (C=O) groups is 1. The van der Waals surface area contributed by atoms with Crippen molar-refractivity contribution >= 4 is 28.3 Å². The number of carbonyl (C=O) groups excluding carboxylic acids is 1. The molecule has 102 valence electrons. The summed E-state index contributed by atoms with van der Waals surface area (Å²) in [6, 6.07) is 5.31. The van der Waals surface area contributed by atoms with Crippen LogP contribution in [0.2, 0.25) is 0 Å². The lowest BCUT2D eigenvalue weighted by Gasteiger charge is -2.11. The minimum Gasteiger partial charge on any atom is -0.345 e. The number of H-pyrrole nitrogens is 1. The fourth-order valence-electron chi connectivity index (χ4n) is 1.99. The van der Waals surface area contributed by atoms with Crippen LogP contribution >= 0.6 is 11.3 Å². The molecule has 0 saturated carbocycles. The number of aromatic amines is 1. The minimum absolute atomic E-state index is 0.0985. The van der Waals surface area contributed by atoms with Crippen LogP contribution in [0.25, 0.3) is 11.0 Å². The Balaban J connectivity index is 1.78. The Labute approximate surface area is 120 Å². The van der Waals surface area contributed by atoms with Crippen molar-refractivity contribution in [2.24, 2.45) is 0 Å². The second-order valence-corrected chi connectivity index (χ2v) is 5.55. The summed E-state index contributed by atoms with van der Waals surface area (Å²) >= 11 is 1.56. The van der Waals surface area contributed by atoms with Crippen molar-refractivity contribution in [3.05, 3.63) is 46.2 Å². The molecule has 1 unspecified atom stereocenters. The molecule has 3 aromatic rings. The molecule has 0 saturated heterocycles. The maximum absolute atomic E-state index is 12.2. The van der Waals surface area contributed by atoms with Crippen molar-refractivity contribution in [2.45, 2.75) is 19.9 Å². The molecule has 0 bridgehead atoms. The number of nitrogens with one attached hydrogen (secondary N) is 2. The van der Waals surface area contributed by atoms with Gasteiger partial charge in [0, 0.05) is 16.6 Å². The van der Waals surface area contributed by atoms with E-state index in [1.807, 2.05) is 25.3 Å². The van der Waals surface area contributed by atoms with Gasteiger partial charge in [0.15, 0.2) is 0 Å². The number of hydrogen-bond acceptors (Lipinski definition) is 4. The van der Waals surface area contributed by atoms with Crippen LogP contribution in [0.3, 0.4) is 0 Å². The molecule has 2 N–H and O–H groups in total. The fraction of sp³-hybridized carbons (Fsp3) is 0.214. The van der Waals surface area contributed by atoms with E-state index in [1.54, 1.807) is 29.8 Å². The third kappa shape index (κ3) is 2.42. The van der Waals surface area contributed by atoms with Gasteiger partial charge in [0.05, 0.1) is 23.4 Å². The van der Waals surface area contributed by atoms with Crippen LogP contribution in [-0.4, -0.2) is 20.9 Å². The van der Waals surface area contributed by atoms with Gasteiger partial charge in [-0.25, -0.2) is 9.97 Å². The van der Waals surface area contributed by atoms with Crippen LogP contribution in [0.1, 0.15) is 34.0 Å². The van der Waals surface area contributed by atoms with E-state index in [9.17, 15) is 4.79 Å². The molecule has 0 fully saturated rings. The van der Waals surface area contributed by atoms with Crippen LogP contribution < -0.4 is 5.32 Å². The Hall–Kier alpha value is -2.21. The number of aryl methyl sites for hydroxylation is 1. The van der Waals surface area contributed by atoms with E-state index in [1.165, 1.54) is 0 Å². The lowest BCUT2D eigenvalue weighted by molar-refractivity contribution is 0.0940. The number of hydrogen-bond donors (Lipinski definition) is 2. The number of amides is 1. The summed E-state index contributed by atoms with van der Waals surface area (Å²) in [5.41, 5.74) is 3.30. The largest absolute Gasteiger partial charge is 0.345 e. The molecular formula is C14H14N4OS. The highest BCUT2D eigenvalue weighted by Crippen LogP contribution is 2.18. The SMILES string of the molecule is Cc1csc(C(C)NC(=O)c2ccc3nc[nH]c3c2)n1. The highest BCUT2D eigenvalue weighted by Gasteiger charge is 2.14. The maximum Gasteiger partial charge on any atom is 0.251 e. The highest BCUT2D eigenvalue weighted by atomic mass is 32.1. The van der Waals surface area contributed by atoms with E-state index < -0.39 is 0 Å². The molecule has 0 aliphatic carbocycles. The Morgan fingerprint density at radius 3 is 3.05 bits per heavy atom. The summed E-state index contributed by atoms with van der Waals surface area (Å²) in [5, 5.41) is 5.85. The van der Waals surface area contributed by atoms with E-state index >= 15 is 0 Å². The lowest BCUT2D eigenvalue weighted by atomic mass is 10.2. The average molecular weight is 286 g/mol. The number of thiazole rings is 1. The first-order valence-electron chi connectivity index (χ1n) is 6.29. The zero-order chi connectivity index (χ0) is 14.1. The first kappa shape index (κ1) is 12.8. The number of imidazole rings is 1. The van der Waals surface area contributed by atoms with Crippen LogP contribution in [0.4, 0.5) is 0 Å². The summed E-state index contributed by atoms with van der Waals surface area (Å²) in [7, 11) is 0. The molecule has 2 aromatic heterocycles. The van der Waals surface area contributed by atoms with Crippen LogP contribution in [-0.2, 0) is 0 Å². The molecule has 2 heterocycles. The zero-order valence-electron chi connectivity index (χ0n) is 11.2. The average Bonchev–Trinajstić information content (AvgIpc) is 3.05.